The number of nitrogens with zero attached hydrogens (tertiary/aromatic N) is 1. The van der Waals surface area contributed by atoms with E-state index >= 15 is 0 Å². The molecule has 1 heterocycles. The van der Waals surface area contributed by atoms with Crippen LogP contribution in [0.2, 0.25) is 0 Å². The Hall–Kier alpha value is -0.370. The molecule has 1 aliphatic heterocycles. The van der Waals surface area contributed by atoms with E-state index in [0.29, 0.717) is 13.2 Å². The van der Waals surface area contributed by atoms with Crippen LogP contribution < -0.4 is 0 Å². The smallest absolute Gasteiger partial charge is 0.236 e. The van der Waals surface area contributed by atoms with Gasteiger partial charge >= 0.3 is 0 Å². The summed E-state index contributed by atoms with van der Waals surface area (Å²) in [5.74, 6) is 2.64. The average molecular weight is 159 g/mol. The molecule has 0 spiro atoms. The molecule has 0 amide bonds. The summed E-state index contributed by atoms with van der Waals surface area (Å²) in [5, 5.41) is 0. The maximum absolute atomic E-state index is 10.8. The van der Waals surface area contributed by atoms with Crippen LogP contribution in [0.5, 0.6) is 0 Å². The summed E-state index contributed by atoms with van der Waals surface area (Å²) in [7, 11) is 1.72. The minimum Gasteiger partial charge on any atom is -0.277 e. The molecule has 1 rings (SSSR count). The van der Waals surface area contributed by atoms with Crippen LogP contribution in [0.25, 0.3) is 0 Å². The lowest BCUT2D eigenvalue weighted by Gasteiger charge is -2.24. The molecular weight excluding hydrogens is 150 g/mol. The van der Waals surface area contributed by atoms with Crippen LogP contribution in [0.3, 0.4) is 0 Å². The van der Waals surface area contributed by atoms with Gasteiger partial charge in [0.05, 0.1) is 12.5 Å². The van der Waals surface area contributed by atoms with Crippen LogP contribution in [0.1, 0.15) is 0 Å². The summed E-state index contributed by atoms with van der Waals surface area (Å²) in [6.45, 7) is 1.07. The number of terminal acetylenes is 1. The molecule has 1 saturated heterocycles. The van der Waals surface area contributed by atoms with E-state index in [1.54, 1.807) is 11.4 Å². The van der Waals surface area contributed by atoms with E-state index in [-0.39, 0.29) is 5.92 Å². The lowest BCUT2D eigenvalue weighted by Crippen LogP contribution is -2.36. The molecule has 0 aromatic carbocycles. The standard InChI is InChI=1S/C6H9NO2S/c1-3-6-4-7(2)10(8)9-5-6/h1,6H,4-5H2,2H3. The van der Waals surface area contributed by atoms with Crippen molar-refractivity contribution < 1.29 is 8.39 Å². The maximum Gasteiger partial charge on any atom is 0.236 e. The Kier molecular flexibility index (Phi) is 2.44. The third-order valence-electron chi connectivity index (χ3n) is 1.34. The SMILES string of the molecule is C#CC1COS(=O)N(C)C1. The summed E-state index contributed by atoms with van der Waals surface area (Å²) in [6.07, 6.45) is 5.16. The fourth-order valence-electron chi connectivity index (χ4n) is 0.755. The van der Waals surface area contributed by atoms with Crippen molar-refractivity contribution in [1.29, 1.82) is 0 Å². The molecule has 0 aliphatic carbocycles. The zero-order valence-electron chi connectivity index (χ0n) is 5.74. The quantitative estimate of drug-likeness (QED) is 0.457. The number of rotatable bonds is 0. The lowest BCUT2D eigenvalue weighted by molar-refractivity contribution is 0.225. The molecule has 2 atom stereocenters. The van der Waals surface area contributed by atoms with Gasteiger partial charge in [-0.1, -0.05) is 5.92 Å². The molecule has 2 unspecified atom stereocenters. The Balaban J connectivity index is 2.50. The van der Waals surface area contributed by atoms with E-state index < -0.39 is 11.3 Å². The highest BCUT2D eigenvalue weighted by Gasteiger charge is 2.21. The molecule has 1 aliphatic rings. The van der Waals surface area contributed by atoms with Gasteiger partial charge in [0.2, 0.25) is 11.3 Å². The van der Waals surface area contributed by atoms with Crippen LogP contribution in [0, 0.1) is 18.3 Å². The third kappa shape index (κ3) is 1.57. The second kappa shape index (κ2) is 3.15. The summed E-state index contributed by atoms with van der Waals surface area (Å²) in [6, 6.07) is 0. The summed E-state index contributed by atoms with van der Waals surface area (Å²) in [4.78, 5) is 0. The fraction of sp³-hybridized carbons (Fsp3) is 0.667. The van der Waals surface area contributed by atoms with Crippen LogP contribution in [-0.2, 0) is 15.4 Å². The van der Waals surface area contributed by atoms with Gasteiger partial charge in [0.15, 0.2) is 0 Å². The molecule has 0 radical (unpaired) electrons. The molecule has 4 heteroatoms. The predicted molar refractivity (Wildman–Crippen MR) is 39.0 cm³/mol. The van der Waals surface area contributed by atoms with E-state index in [9.17, 15) is 4.21 Å². The number of hydrogen-bond acceptors (Lipinski definition) is 2. The van der Waals surface area contributed by atoms with Crippen molar-refractivity contribution in [2.75, 3.05) is 20.2 Å². The van der Waals surface area contributed by atoms with Gasteiger partial charge < -0.3 is 0 Å². The van der Waals surface area contributed by atoms with Crippen molar-refractivity contribution in [1.82, 2.24) is 4.31 Å². The van der Waals surface area contributed by atoms with Gasteiger partial charge in [-0.15, -0.1) is 6.42 Å². The van der Waals surface area contributed by atoms with Crippen molar-refractivity contribution in [3.8, 4) is 12.3 Å². The first-order chi connectivity index (χ1) is 4.74. The van der Waals surface area contributed by atoms with Gasteiger partial charge in [0, 0.05) is 13.6 Å². The van der Waals surface area contributed by atoms with Crippen LogP contribution >= 0.6 is 0 Å². The maximum atomic E-state index is 10.8. The fourth-order valence-corrected chi connectivity index (χ4v) is 1.52. The number of hydrogen-bond donors (Lipinski definition) is 0. The first-order valence-electron chi connectivity index (χ1n) is 2.96. The van der Waals surface area contributed by atoms with E-state index in [0.717, 1.165) is 0 Å². The Morgan fingerprint density at radius 1 is 1.90 bits per heavy atom. The molecule has 1 fully saturated rings. The minimum atomic E-state index is -1.27. The molecule has 0 saturated carbocycles. The van der Waals surface area contributed by atoms with Gasteiger partial charge in [-0.25, -0.2) is 8.51 Å². The van der Waals surface area contributed by atoms with Gasteiger partial charge in [-0.05, 0) is 0 Å². The van der Waals surface area contributed by atoms with Gasteiger partial charge in [-0.2, -0.15) is 0 Å². The third-order valence-corrected chi connectivity index (χ3v) is 2.33. The van der Waals surface area contributed by atoms with Crippen LogP contribution in [0.4, 0.5) is 0 Å². The lowest BCUT2D eigenvalue weighted by atomic mass is 10.2. The van der Waals surface area contributed by atoms with Gasteiger partial charge in [0.1, 0.15) is 0 Å². The van der Waals surface area contributed by atoms with E-state index in [2.05, 4.69) is 5.92 Å². The zero-order chi connectivity index (χ0) is 7.56. The Labute approximate surface area is 63.1 Å². The van der Waals surface area contributed by atoms with E-state index in [1.807, 2.05) is 0 Å². The van der Waals surface area contributed by atoms with Crippen molar-refractivity contribution >= 4 is 11.3 Å². The first kappa shape index (κ1) is 7.73. The van der Waals surface area contributed by atoms with Crippen LogP contribution in [-0.4, -0.2) is 28.7 Å². The molecule has 0 aromatic heterocycles. The molecule has 3 nitrogen and oxygen atoms in total. The normalized spacial score (nSPS) is 35.2. The van der Waals surface area contributed by atoms with Gasteiger partial charge in [0.25, 0.3) is 0 Å². The largest absolute Gasteiger partial charge is 0.277 e. The predicted octanol–water partition coefficient (Wildman–Crippen LogP) is -0.224. The summed E-state index contributed by atoms with van der Waals surface area (Å²) in [5.41, 5.74) is 0. The molecular formula is C6H9NO2S. The topological polar surface area (TPSA) is 29.5 Å². The van der Waals surface area contributed by atoms with Crippen LogP contribution in [0.15, 0.2) is 0 Å². The monoisotopic (exact) mass is 159 g/mol. The first-order valence-corrected chi connectivity index (χ1v) is 3.99. The Morgan fingerprint density at radius 3 is 3.10 bits per heavy atom. The highest BCUT2D eigenvalue weighted by Crippen LogP contribution is 2.09. The van der Waals surface area contributed by atoms with Crippen molar-refractivity contribution in [3.05, 3.63) is 0 Å². The molecule has 0 N–H and O–H groups in total. The Bertz CT molecular complexity index is 187. The van der Waals surface area contributed by atoms with Crippen molar-refractivity contribution in [2.24, 2.45) is 5.92 Å². The molecule has 56 valence electrons. The van der Waals surface area contributed by atoms with Gasteiger partial charge in [-0.3, -0.25) is 4.18 Å². The molecule has 0 aromatic rings. The average Bonchev–Trinajstić information content (AvgIpc) is 1.95. The minimum absolute atomic E-state index is 0.0858. The van der Waals surface area contributed by atoms with E-state index in [4.69, 9.17) is 10.6 Å². The van der Waals surface area contributed by atoms with Crippen molar-refractivity contribution in [3.63, 3.8) is 0 Å². The molecule has 10 heavy (non-hydrogen) atoms. The second-order valence-electron chi connectivity index (χ2n) is 2.18. The van der Waals surface area contributed by atoms with E-state index in [1.165, 1.54) is 0 Å². The molecule has 0 bridgehead atoms. The summed E-state index contributed by atoms with van der Waals surface area (Å²) < 4.78 is 17.2. The highest BCUT2D eigenvalue weighted by molar-refractivity contribution is 7.77. The van der Waals surface area contributed by atoms with Crippen molar-refractivity contribution in [2.45, 2.75) is 0 Å². The second-order valence-corrected chi connectivity index (χ2v) is 3.47. The highest BCUT2D eigenvalue weighted by atomic mass is 32.2. The zero-order valence-corrected chi connectivity index (χ0v) is 6.56. The Morgan fingerprint density at radius 2 is 2.60 bits per heavy atom. The summed E-state index contributed by atoms with van der Waals surface area (Å²) >= 11 is -1.27.